The van der Waals surface area contributed by atoms with Crippen molar-refractivity contribution in [2.75, 3.05) is 44.3 Å². The van der Waals surface area contributed by atoms with Gasteiger partial charge in [-0.1, -0.05) is 13.0 Å². The van der Waals surface area contributed by atoms with Gasteiger partial charge in [-0.05, 0) is 36.7 Å². The van der Waals surface area contributed by atoms with Gasteiger partial charge in [0.15, 0.2) is 11.6 Å². The summed E-state index contributed by atoms with van der Waals surface area (Å²) in [6, 6.07) is 4.42. The molecular weight excluding hydrogens is 529 g/mol. The number of aromatic nitrogens is 3. The number of nitrogens with zero attached hydrogens (tertiary/aromatic N) is 7. The number of hydrogen-bond acceptors (Lipinski definition) is 6. The predicted octanol–water partition coefficient (Wildman–Crippen LogP) is 4.84. The molecule has 1 aromatic carbocycles. The van der Waals surface area contributed by atoms with Gasteiger partial charge in [0, 0.05) is 62.5 Å². The maximum absolute atomic E-state index is 15.3. The Morgan fingerprint density at radius 1 is 1.05 bits per heavy atom. The standard InChI is InChI=1S/C28H28F5N7/c1-2-37-12-27(13-37)14-38(15-27)10-17-3-5-23(34-9-17)39-11-20(30)25(35-16-39)18-7-19(29)26-21(8-18)40-22(28(31,32)33)4-6-24(40)36-26/h3,5,7-9,11,22H,2,4,6,10,12-16H2,1H3/t22-/m0/s1. The normalized spacial score (nSPS) is 22.8. The minimum Gasteiger partial charge on any atom is -0.316 e. The summed E-state index contributed by atoms with van der Waals surface area (Å²) in [5.41, 5.74) is 1.33. The Hall–Kier alpha value is -3.38. The highest BCUT2D eigenvalue weighted by Crippen LogP contribution is 2.42. The van der Waals surface area contributed by atoms with Gasteiger partial charge in [0.05, 0.1) is 5.52 Å². The van der Waals surface area contributed by atoms with E-state index < -0.39 is 23.9 Å². The Balaban J connectivity index is 1.06. The van der Waals surface area contributed by atoms with Crippen molar-refractivity contribution in [2.45, 2.75) is 38.5 Å². The van der Waals surface area contributed by atoms with Crippen LogP contribution in [-0.2, 0) is 13.0 Å². The number of hydrogen-bond donors (Lipinski definition) is 0. The second kappa shape index (κ2) is 9.07. The molecule has 0 amide bonds. The average Bonchev–Trinajstić information content (AvgIpc) is 3.45. The van der Waals surface area contributed by atoms with Crippen molar-refractivity contribution in [2.24, 2.45) is 10.4 Å². The maximum Gasteiger partial charge on any atom is 0.409 e. The average molecular weight is 558 g/mol. The smallest absolute Gasteiger partial charge is 0.316 e. The summed E-state index contributed by atoms with van der Waals surface area (Å²) in [6.07, 6.45) is -1.53. The number of halogens is 5. The van der Waals surface area contributed by atoms with Crippen LogP contribution in [-0.4, -0.2) is 75.6 Å². The van der Waals surface area contributed by atoms with Gasteiger partial charge >= 0.3 is 6.18 Å². The summed E-state index contributed by atoms with van der Waals surface area (Å²) in [7, 11) is 0. The van der Waals surface area contributed by atoms with Gasteiger partial charge in [-0.3, -0.25) is 9.89 Å². The molecule has 0 aliphatic carbocycles. The number of pyridine rings is 1. The van der Waals surface area contributed by atoms with Crippen LogP contribution in [0, 0.1) is 11.2 Å². The zero-order valence-corrected chi connectivity index (χ0v) is 21.9. The molecular formula is C28H28F5N7. The molecule has 40 heavy (non-hydrogen) atoms. The van der Waals surface area contributed by atoms with Crippen LogP contribution in [0.4, 0.5) is 27.8 Å². The second-order valence-corrected chi connectivity index (χ2v) is 11.4. The van der Waals surface area contributed by atoms with E-state index in [4.69, 9.17) is 0 Å². The molecule has 0 saturated carbocycles. The third-order valence-electron chi connectivity index (χ3n) is 8.50. The predicted molar refractivity (Wildman–Crippen MR) is 140 cm³/mol. The van der Waals surface area contributed by atoms with E-state index in [9.17, 15) is 17.6 Å². The monoisotopic (exact) mass is 557 g/mol. The molecule has 2 saturated heterocycles. The number of likely N-dealkylation sites (tertiary alicyclic amines) is 2. The van der Waals surface area contributed by atoms with Gasteiger partial charge in [0.25, 0.3) is 0 Å². The highest BCUT2D eigenvalue weighted by Gasteiger charge is 2.50. The van der Waals surface area contributed by atoms with E-state index in [0.29, 0.717) is 11.2 Å². The first-order valence-electron chi connectivity index (χ1n) is 13.5. The van der Waals surface area contributed by atoms with E-state index in [0.717, 1.165) is 42.4 Å². The van der Waals surface area contributed by atoms with Crippen molar-refractivity contribution in [3.05, 3.63) is 65.3 Å². The summed E-state index contributed by atoms with van der Waals surface area (Å²) in [4.78, 5) is 19.3. The first-order valence-corrected chi connectivity index (χ1v) is 13.5. The lowest BCUT2D eigenvalue weighted by molar-refractivity contribution is -0.164. The van der Waals surface area contributed by atoms with Crippen LogP contribution in [0.1, 0.15) is 36.3 Å². The lowest BCUT2D eigenvalue weighted by Gasteiger charge is -2.60. The molecule has 0 bridgehead atoms. The molecule has 7 rings (SSSR count). The highest BCUT2D eigenvalue weighted by molar-refractivity contribution is 6.13. The van der Waals surface area contributed by atoms with Crippen LogP contribution >= 0.6 is 0 Å². The van der Waals surface area contributed by atoms with Crippen molar-refractivity contribution in [3.8, 4) is 0 Å². The van der Waals surface area contributed by atoms with Crippen LogP contribution in [0.3, 0.4) is 0 Å². The van der Waals surface area contributed by atoms with Crippen molar-refractivity contribution in [1.29, 1.82) is 0 Å². The van der Waals surface area contributed by atoms with Crippen LogP contribution in [0.2, 0.25) is 0 Å². The molecule has 2 aromatic heterocycles. The van der Waals surface area contributed by atoms with Crippen LogP contribution in [0.5, 0.6) is 0 Å². The zero-order valence-electron chi connectivity index (χ0n) is 21.9. The summed E-state index contributed by atoms with van der Waals surface area (Å²) in [5, 5.41) is 0. The number of alkyl halides is 3. The van der Waals surface area contributed by atoms with Gasteiger partial charge in [-0.25, -0.2) is 18.7 Å². The fourth-order valence-corrected chi connectivity index (χ4v) is 6.67. The lowest BCUT2D eigenvalue weighted by Crippen LogP contribution is -2.71. The summed E-state index contributed by atoms with van der Waals surface area (Å²) in [6.45, 7) is 8.67. The van der Waals surface area contributed by atoms with Crippen molar-refractivity contribution in [1.82, 2.24) is 24.3 Å². The Labute approximate surface area is 227 Å². The number of benzene rings is 1. The van der Waals surface area contributed by atoms with Crippen LogP contribution < -0.4 is 4.90 Å². The van der Waals surface area contributed by atoms with Gasteiger partial charge < -0.3 is 14.4 Å². The molecule has 4 aliphatic rings. The zero-order chi connectivity index (χ0) is 27.8. The topological polar surface area (TPSA) is 52.8 Å². The lowest BCUT2D eigenvalue weighted by atomic mass is 9.73. The number of rotatable bonds is 5. The second-order valence-electron chi connectivity index (χ2n) is 11.4. The number of fused-ring (bicyclic) bond motifs is 3. The number of aliphatic imine (C=N–C) groups is 1. The number of anilines is 1. The Bertz CT molecular complexity index is 1530. The van der Waals surface area contributed by atoms with E-state index in [1.54, 1.807) is 11.1 Å². The SMILES string of the molecule is CCN1CC2(C1)CN(Cc1ccc(N3C=C(F)C(c4cc(F)c5nc6n(c5c4)[C@H](C(F)(F)F)CC6)=NC3)nc1)C2. The van der Waals surface area contributed by atoms with Gasteiger partial charge in [-0.15, -0.1) is 0 Å². The highest BCUT2D eigenvalue weighted by atomic mass is 19.4. The van der Waals surface area contributed by atoms with Gasteiger partial charge in [0.2, 0.25) is 0 Å². The molecule has 12 heteroatoms. The Morgan fingerprint density at radius 3 is 2.50 bits per heavy atom. The fraction of sp³-hybridized carbons (Fsp3) is 0.464. The summed E-state index contributed by atoms with van der Waals surface area (Å²) >= 11 is 0. The van der Waals surface area contributed by atoms with Gasteiger partial charge in [0.1, 0.15) is 35.6 Å². The molecule has 6 heterocycles. The number of aryl methyl sites for hydroxylation is 1. The Kier molecular flexibility index (Phi) is 5.80. The molecule has 1 spiro atoms. The number of imidazole rings is 1. The summed E-state index contributed by atoms with van der Waals surface area (Å²) < 4.78 is 72.0. The third-order valence-corrected chi connectivity index (χ3v) is 8.50. The van der Waals surface area contributed by atoms with E-state index >= 15 is 4.39 Å². The molecule has 0 unspecified atom stereocenters. The van der Waals surface area contributed by atoms with Gasteiger partial charge in [-0.2, -0.15) is 13.2 Å². The van der Waals surface area contributed by atoms with E-state index in [2.05, 4.69) is 31.7 Å². The first-order chi connectivity index (χ1) is 19.1. The largest absolute Gasteiger partial charge is 0.409 e. The van der Waals surface area contributed by atoms with Crippen molar-refractivity contribution < 1.29 is 22.0 Å². The van der Waals surface area contributed by atoms with Crippen molar-refractivity contribution >= 4 is 22.6 Å². The molecule has 7 nitrogen and oxygen atoms in total. The van der Waals surface area contributed by atoms with E-state index in [-0.39, 0.29) is 47.6 Å². The molecule has 0 radical (unpaired) electrons. The fourth-order valence-electron chi connectivity index (χ4n) is 6.67. The Morgan fingerprint density at radius 2 is 1.82 bits per heavy atom. The third kappa shape index (κ3) is 4.19. The van der Waals surface area contributed by atoms with Crippen LogP contribution in [0.15, 0.2) is 47.5 Å². The molecule has 3 aromatic rings. The van der Waals surface area contributed by atoms with E-state index in [1.165, 1.54) is 25.4 Å². The minimum absolute atomic E-state index is 0.00636. The molecule has 1 atom stereocenters. The molecule has 2 fully saturated rings. The van der Waals surface area contributed by atoms with E-state index in [1.807, 2.05) is 12.1 Å². The molecule has 0 N–H and O–H groups in total. The summed E-state index contributed by atoms with van der Waals surface area (Å²) in [5.74, 6) is -0.839. The van der Waals surface area contributed by atoms with Crippen molar-refractivity contribution in [3.63, 3.8) is 0 Å². The molecule has 4 aliphatic heterocycles. The quantitative estimate of drug-likeness (QED) is 0.421. The van der Waals surface area contributed by atoms with Crippen LogP contribution in [0.25, 0.3) is 11.0 Å². The minimum atomic E-state index is -4.49. The number of allylic oxidation sites excluding steroid dienone is 1. The molecule has 210 valence electrons. The maximum atomic E-state index is 15.3. The first kappa shape index (κ1) is 25.6.